The fraction of sp³-hybridized carbons (Fsp3) is 0.278. The smallest absolute Gasteiger partial charge is 0.351 e. The van der Waals surface area contributed by atoms with E-state index in [4.69, 9.17) is 0 Å². The Hall–Kier alpha value is -2.17. The summed E-state index contributed by atoms with van der Waals surface area (Å²) in [7, 11) is -3.80. The molecule has 0 radical (unpaired) electrons. The molecule has 0 spiro atoms. The minimum Gasteiger partial charge on any atom is -0.351 e. The van der Waals surface area contributed by atoms with E-state index in [1.807, 2.05) is 37.3 Å². The number of nitrogens with one attached hydrogen (secondary N) is 1. The molecular weight excluding hydrogens is 413 g/mol. The normalized spacial score (nSPS) is 22.4. The van der Waals surface area contributed by atoms with Gasteiger partial charge in [0, 0.05) is 17.5 Å². The maximum absolute atomic E-state index is 12.7. The van der Waals surface area contributed by atoms with Gasteiger partial charge in [0.1, 0.15) is 9.90 Å². The van der Waals surface area contributed by atoms with Gasteiger partial charge in [0.25, 0.3) is 0 Å². The fourth-order valence-electron chi connectivity index (χ4n) is 3.05. The van der Waals surface area contributed by atoms with E-state index in [-0.39, 0.29) is 26.2 Å². The molecule has 3 aromatic rings. The van der Waals surface area contributed by atoms with E-state index >= 15 is 0 Å². The quantitative estimate of drug-likeness (QED) is 0.653. The SMILES string of the molecule is C[C@]1(c2ccccc2)C[C@@H]1NS(=O)(=O)c1ccc(-c2cc(C(F)(F)F)on2)s1. The molecule has 4 rings (SSSR count). The molecule has 0 unspecified atom stereocenters. The molecule has 148 valence electrons. The zero-order valence-corrected chi connectivity index (χ0v) is 16.2. The average Bonchev–Trinajstić information content (AvgIpc) is 3.08. The Labute approximate surface area is 163 Å². The number of nitrogens with zero attached hydrogens (tertiary/aromatic N) is 1. The molecule has 2 heterocycles. The number of aromatic nitrogens is 1. The van der Waals surface area contributed by atoms with Crippen molar-refractivity contribution in [2.24, 2.45) is 0 Å². The van der Waals surface area contributed by atoms with Gasteiger partial charge in [0.05, 0.1) is 4.88 Å². The first-order chi connectivity index (χ1) is 13.1. The van der Waals surface area contributed by atoms with E-state index in [1.54, 1.807) is 0 Å². The number of alkyl halides is 3. The Bertz CT molecular complexity index is 1110. The van der Waals surface area contributed by atoms with Crippen LogP contribution in [0.15, 0.2) is 57.3 Å². The van der Waals surface area contributed by atoms with Gasteiger partial charge in [-0.25, -0.2) is 13.1 Å². The molecular formula is C18H15F3N2O3S2. The lowest BCUT2D eigenvalue weighted by Crippen LogP contribution is -2.29. The summed E-state index contributed by atoms with van der Waals surface area (Å²) in [6, 6.07) is 12.9. The van der Waals surface area contributed by atoms with Crippen LogP contribution in [-0.2, 0) is 21.6 Å². The summed E-state index contributed by atoms with van der Waals surface area (Å²) in [4.78, 5) is 0.279. The number of benzene rings is 1. The zero-order valence-electron chi connectivity index (χ0n) is 14.5. The van der Waals surface area contributed by atoms with Crippen LogP contribution in [0.4, 0.5) is 13.2 Å². The molecule has 0 saturated heterocycles. The highest BCUT2D eigenvalue weighted by atomic mass is 32.2. The standard InChI is InChI=1S/C18H15F3N2O3S2/c1-17(11-5-3-2-4-6-11)10-14(17)23-28(24,25)16-8-7-13(27-16)12-9-15(26-22-12)18(19,20)21/h2-9,14,23H,10H2,1H3/t14-,17+/m0/s1. The molecule has 1 saturated carbocycles. The molecule has 0 amide bonds. The molecule has 5 nitrogen and oxygen atoms in total. The number of hydrogen-bond acceptors (Lipinski definition) is 5. The lowest BCUT2D eigenvalue weighted by molar-refractivity contribution is -0.155. The highest BCUT2D eigenvalue weighted by Crippen LogP contribution is 2.48. The molecule has 28 heavy (non-hydrogen) atoms. The maximum Gasteiger partial charge on any atom is 0.452 e. The van der Waals surface area contributed by atoms with Gasteiger partial charge in [-0.3, -0.25) is 0 Å². The summed E-state index contributed by atoms with van der Waals surface area (Å²) in [5, 5.41) is 3.38. The number of hydrogen-bond donors (Lipinski definition) is 1. The molecule has 0 aliphatic heterocycles. The highest BCUT2D eigenvalue weighted by molar-refractivity contribution is 7.91. The number of rotatable bonds is 5. The first kappa shape index (κ1) is 19.2. The van der Waals surface area contributed by atoms with Crippen molar-refractivity contribution >= 4 is 21.4 Å². The van der Waals surface area contributed by atoms with Gasteiger partial charge in [-0.2, -0.15) is 13.2 Å². The minimum atomic E-state index is -4.65. The van der Waals surface area contributed by atoms with E-state index in [2.05, 4.69) is 14.4 Å². The Kier molecular flexibility index (Phi) is 4.40. The molecule has 2 aromatic heterocycles. The predicted molar refractivity (Wildman–Crippen MR) is 97.3 cm³/mol. The molecule has 10 heteroatoms. The van der Waals surface area contributed by atoms with Gasteiger partial charge in [-0.05, 0) is 24.1 Å². The Morgan fingerprint density at radius 2 is 1.93 bits per heavy atom. The second-order valence-corrected chi connectivity index (χ2v) is 9.88. The van der Waals surface area contributed by atoms with Crippen LogP contribution in [0.25, 0.3) is 10.6 Å². The Morgan fingerprint density at radius 1 is 1.21 bits per heavy atom. The van der Waals surface area contributed by atoms with Crippen molar-refractivity contribution < 1.29 is 26.1 Å². The van der Waals surface area contributed by atoms with Crippen LogP contribution >= 0.6 is 11.3 Å². The van der Waals surface area contributed by atoms with Crippen LogP contribution < -0.4 is 4.72 Å². The van der Waals surface area contributed by atoms with E-state index in [1.165, 1.54) is 12.1 Å². The van der Waals surface area contributed by atoms with Gasteiger partial charge in [0.15, 0.2) is 0 Å². The zero-order chi connectivity index (χ0) is 20.2. The summed E-state index contributed by atoms with van der Waals surface area (Å²) >= 11 is 0.842. The second kappa shape index (κ2) is 6.43. The summed E-state index contributed by atoms with van der Waals surface area (Å²) in [6.07, 6.45) is -3.97. The first-order valence-electron chi connectivity index (χ1n) is 8.31. The van der Waals surface area contributed by atoms with E-state index in [0.717, 1.165) is 23.0 Å². The van der Waals surface area contributed by atoms with E-state index in [9.17, 15) is 21.6 Å². The van der Waals surface area contributed by atoms with E-state index < -0.39 is 22.0 Å². The molecule has 1 aromatic carbocycles. The molecule has 1 aliphatic rings. The minimum absolute atomic E-state index is 0.0152. The highest BCUT2D eigenvalue weighted by Gasteiger charge is 2.53. The van der Waals surface area contributed by atoms with Crippen molar-refractivity contribution in [2.75, 3.05) is 0 Å². The summed E-state index contributed by atoms with van der Waals surface area (Å²) in [5.74, 6) is -1.23. The second-order valence-electron chi connectivity index (χ2n) is 6.85. The number of halogens is 3. The Balaban J connectivity index is 1.52. The van der Waals surface area contributed by atoms with Crippen molar-refractivity contribution in [3.63, 3.8) is 0 Å². The van der Waals surface area contributed by atoms with Crippen molar-refractivity contribution in [1.82, 2.24) is 9.88 Å². The van der Waals surface area contributed by atoms with Crippen molar-refractivity contribution in [3.8, 4) is 10.6 Å². The lowest BCUT2D eigenvalue weighted by atomic mass is 9.98. The summed E-state index contributed by atoms with van der Waals surface area (Å²) < 4.78 is 70.3. The van der Waals surface area contributed by atoms with E-state index in [0.29, 0.717) is 6.42 Å². The van der Waals surface area contributed by atoms with Crippen molar-refractivity contribution in [3.05, 3.63) is 59.9 Å². The van der Waals surface area contributed by atoms with Crippen molar-refractivity contribution in [2.45, 2.75) is 35.2 Å². The predicted octanol–water partition coefficient (Wildman–Crippen LogP) is 4.43. The third-order valence-electron chi connectivity index (χ3n) is 4.86. The van der Waals surface area contributed by atoms with Gasteiger partial charge in [0.2, 0.25) is 15.8 Å². The number of sulfonamides is 1. The topological polar surface area (TPSA) is 72.2 Å². The third-order valence-corrected chi connectivity index (χ3v) is 7.93. The maximum atomic E-state index is 12.7. The first-order valence-corrected chi connectivity index (χ1v) is 10.6. The van der Waals surface area contributed by atoms with Crippen LogP contribution in [0.2, 0.25) is 0 Å². The monoisotopic (exact) mass is 428 g/mol. The van der Waals surface area contributed by atoms with Gasteiger partial charge < -0.3 is 4.52 Å². The molecule has 1 N–H and O–H groups in total. The average molecular weight is 428 g/mol. The molecule has 1 fully saturated rings. The molecule has 0 bridgehead atoms. The van der Waals surface area contributed by atoms with Crippen LogP contribution in [-0.4, -0.2) is 19.6 Å². The van der Waals surface area contributed by atoms with Crippen LogP contribution in [0.3, 0.4) is 0 Å². The van der Waals surface area contributed by atoms with Gasteiger partial charge in [-0.1, -0.05) is 42.4 Å². The number of thiophene rings is 1. The largest absolute Gasteiger partial charge is 0.452 e. The van der Waals surface area contributed by atoms with Crippen LogP contribution in [0.5, 0.6) is 0 Å². The Morgan fingerprint density at radius 3 is 2.57 bits per heavy atom. The van der Waals surface area contributed by atoms with Gasteiger partial charge >= 0.3 is 6.18 Å². The third kappa shape index (κ3) is 3.47. The summed E-state index contributed by atoms with van der Waals surface area (Å²) in [5.41, 5.74) is 0.721. The van der Waals surface area contributed by atoms with Crippen molar-refractivity contribution in [1.29, 1.82) is 0 Å². The van der Waals surface area contributed by atoms with Crippen LogP contribution in [0.1, 0.15) is 24.7 Å². The van der Waals surface area contributed by atoms with Crippen LogP contribution in [0, 0.1) is 0 Å². The fourth-order valence-corrected chi connectivity index (χ4v) is 5.67. The summed E-state index contributed by atoms with van der Waals surface area (Å²) in [6.45, 7) is 1.99. The van der Waals surface area contributed by atoms with Gasteiger partial charge in [-0.15, -0.1) is 11.3 Å². The molecule has 2 atom stereocenters. The molecule has 1 aliphatic carbocycles. The lowest BCUT2D eigenvalue weighted by Gasteiger charge is -2.12.